The van der Waals surface area contributed by atoms with E-state index < -0.39 is 5.91 Å². The lowest BCUT2D eigenvalue weighted by atomic mass is 9.91. The lowest BCUT2D eigenvalue weighted by Crippen LogP contribution is -2.43. The molecule has 31 heavy (non-hydrogen) atoms. The first-order chi connectivity index (χ1) is 14.9. The monoisotopic (exact) mass is 423 g/mol. The average molecular weight is 424 g/mol. The molecule has 6 N–H and O–H groups in total. The first-order valence-electron chi connectivity index (χ1n) is 10.7. The molecule has 4 rings (SSSR count). The number of carbonyl (C=O) groups is 1. The molecule has 1 amide bonds. The number of nitrogens with one attached hydrogen (secondary N) is 2. The predicted molar refractivity (Wildman–Crippen MR) is 120 cm³/mol. The molecule has 0 aliphatic heterocycles. The number of primary amides is 1. The van der Waals surface area contributed by atoms with Crippen molar-refractivity contribution in [3.8, 4) is 0 Å². The summed E-state index contributed by atoms with van der Waals surface area (Å²) in [5.74, 6) is 0.884. The predicted octanol–water partition coefficient (Wildman–Crippen LogP) is 2.15. The van der Waals surface area contributed by atoms with Crippen molar-refractivity contribution in [1.82, 2.24) is 24.7 Å². The number of carbonyl (C=O) groups excluding carboxylic acids is 1. The zero-order valence-electron chi connectivity index (χ0n) is 18.1. The van der Waals surface area contributed by atoms with Crippen LogP contribution in [0.2, 0.25) is 0 Å². The van der Waals surface area contributed by atoms with Gasteiger partial charge in [0.2, 0.25) is 5.95 Å². The highest BCUT2D eigenvalue weighted by Gasteiger charge is 2.23. The summed E-state index contributed by atoms with van der Waals surface area (Å²) in [5, 5.41) is 14.5. The fraction of sp³-hybridized carbons (Fsp3) is 0.476. The molecular formula is C21H29N9O. The van der Waals surface area contributed by atoms with Crippen molar-refractivity contribution in [2.45, 2.75) is 58.0 Å². The van der Waals surface area contributed by atoms with Gasteiger partial charge in [0.25, 0.3) is 5.91 Å². The van der Waals surface area contributed by atoms with Gasteiger partial charge in [-0.1, -0.05) is 19.8 Å². The van der Waals surface area contributed by atoms with E-state index in [2.05, 4.69) is 37.3 Å². The second-order valence-corrected chi connectivity index (χ2v) is 8.12. The van der Waals surface area contributed by atoms with Gasteiger partial charge < -0.3 is 26.7 Å². The van der Waals surface area contributed by atoms with Crippen molar-refractivity contribution in [3.05, 3.63) is 29.2 Å². The molecule has 10 nitrogen and oxygen atoms in total. The minimum atomic E-state index is -0.699. The van der Waals surface area contributed by atoms with Crippen molar-refractivity contribution < 1.29 is 4.79 Å². The summed E-state index contributed by atoms with van der Waals surface area (Å²) in [6, 6.07) is 4.05. The minimum Gasteiger partial charge on any atom is -0.364 e. The Morgan fingerprint density at radius 2 is 2.00 bits per heavy atom. The van der Waals surface area contributed by atoms with Gasteiger partial charge in [0.1, 0.15) is 5.82 Å². The van der Waals surface area contributed by atoms with Gasteiger partial charge >= 0.3 is 0 Å². The number of nitrogens with zero attached hydrogens (tertiary/aromatic N) is 5. The van der Waals surface area contributed by atoms with Crippen LogP contribution in [0.4, 0.5) is 17.5 Å². The Bertz CT molecular complexity index is 1120. The van der Waals surface area contributed by atoms with Crippen LogP contribution in [-0.4, -0.2) is 42.7 Å². The van der Waals surface area contributed by atoms with E-state index in [-0.39, 0.29) is 23.6 Å². The van der Waals surface area contributed by atoms with E-state index in [1.54, 1.807) is 0 Å². The van der Waals surface area contributed by atoms with E-state index in [0.29, 0.717) is 5.95 Å². The lowest BCUT2D eigenvalue weighted by Gasteiger charge is -2.29. The molecule has 1 aliphatic rings. The van der Waals surface area contributed by atoms with Gasteiger partial charge in [0, 0.05) is 31.2 Å². The number of aromatic nitrogens is 5. The molecule has 0 radical (unpaired) electrons. The van der Waals surface area contributed by atoms with Crippen LogP contribution in [0.25, 0.3) is 11.0 Å². The van der Waals surface area contributed by atoms with E-state index in [0.717, 1.165) is 60.2 Å². The van der Waals surface area contributed by atoms with Gasteiger partial charge in [-0.15, -0.1) is 10.2 Å². The maximum Gasteiger partial charge on any atom is 0.273 e. The van der Waals surface area contributed by atoms with E-state index in [1.165, 1.54) is 0 Å². The fourth-order valence-corrected chi connectivity index (χ4v) is 4.18. The molecule has 10 heteroatoms. The number of nitrogens with two attached hydrogens (primary N) is 2. The summed E-state index contributed by atoms with van der Waals surface area (Å²) in [7, 11) is 1.99. The third-order valence-corrected chi connectivity index (χ3v) is 5.90. The molecule has 1 aromatic carbocycles. The number of aryl methyl sites for hydroxylation is 3. The Morgan fingerprint density at radius 3 is 2.71 bits per heavy atom. The third-order valence-electron chi connectivity index (χ3n) is 5.90. The number of benzene rings is 1. The van der Waals surface area contributed by atoms with Crippen molar-refractivity contribution in [1.29, 1.82) is 0 Å². The molecule has 3 aromatic rings. The highest BCUT2D eigenvalue weighted by Crippen LogP contribution is 2.27. The standard InChI is InChI=1S/C21H29N9O/c1-4-16-26-17-11(2)9-12(10-15(17)30(16)3)24-20-18(19(23)31)28-29-21(27-20)25-14-8-6-5-7-13(14)22/h9-10,13-14H,4-8,22H2,1-3H3,(H2,23,31)(H2,24,25,27,29)/t13-,14+/m0/s1. The maximum atomic E-state index is 11.9. The summed E-state index contributed by atoms with van der Waals surface area (Å²) in [6.45, 7) is 4.08. The summed E-state index contributed by atoms with van der Waals surface area (Å²) >= 11 is 0. The summed E-state index contributed by atoms with van der Waals surface area (Å²) in [5.41, 5.74) is 15.5. The van der Waals surface area contributed by atoms with Crippen LogP contribution in [0, 0.1) is 6.92 Å². The lowest BCUT2D eigenvalue weighted by molar-refractivity contribution is 0.0995. The van der Waals surface area contributed by atoms with Crippen LogP contribution >= 0.6 is 0 Å². The summed E-state index contributed by atoms with van der Waals surface area (Å²) < 4.78 is 2.07. The van der Waals surface area contributed by atoms with Gasteiger partial charge in [0.05, 0.1) is 11.0 Å². The normalized spacial score (nSPS) is 18.8. The van der Waals surface area contributed by atoms with Gasteiger partial charge in [-0.3, -0.25) is 4.79 Å². The topological polar surface area (TPSA) is 150 Å². The zero-order valence-corrected chi connectivity index (χ0v) is 18.1. The minimum absolute atomic E-state index is 0.0181. The molecule has 1 aliphatic carbocycles. The molecule has 0 saturated heterocycles. The van der Waals surface area contributed by atoms with E-state index in [4.69, 9.17) is 16.5 Å². The number of anilines is 3. The molecule has 2 aromatic heterocycles. The third kappa shape index (κ3) is 4.15. The molecule has 2 heterocycles. The number of hydrogen-bond donors (Lipinski definition) is 4. The Kier molecular flexibility index (Phi) is 5.73. The molecule has 2 atom stereocenters. The van der Waals surface area contributed by atoms with E-state index >= 15 is 0 Å². The first kappa shape index (κ1) is 21.0. The van der Waals surface area contributed by atoms with Crippen molar-refractivity contribution in [3.63, 3.8) is 0 Å². The Labute approximate surface area is 180 Å². The van der Waals surface area contributed by atoms with Crippen LogP contribution in [0.15, 0.2) is 12.1 Å². The number of hydrogen-bond acceptors (Lipinski definition) is 8. The summed E-state index contributed by atoms with van der Waals surface area (Å²) in [6.07, 6.45) is 4.97. The first-order valence-corrected chi connectivity index (χ1v) is 10.7. The number of amides is 1. The van der Waals surface area contributed by atoms with Gasteiger partial charge in [-0.25, -0.2) is 4.98 Å². The number of imidazole rings is 1. The largest absolute Gasteiger partial charge is 0.364 e. The average Bonchev–Trinajstić information content (AvgIpc) is 3.06. The van der Waals surface area contributed by atoms with Crippen LogP contribution in [-0.2, 0) is 13.5 Å². The van der Waals surface area contributed by atoms with E-state index in [1.807, 2.05) is 26.1 Å². The molecule has 0 spiro atoms. The second-order valence-electron chi connectivity index (χ2n) is 8.12. The Hall–Kier alpha value is -3.27. The van der Waals surface area contributed by atoms with Crippen molar-refractivity contribution in [2.75, 3.05) is 10.6 Å². The molecular weight excluding hydrogens is 394 g/mol. The molecule has 0 unspecified atom stereocenters. The molecule has 164 valence electrons. The fourth-order valence-electron chi connectivity index (χ4n) is 4.18. The highest BCUT2D eigenvalue weighted by atomic mass is 16.1. The van der Waals surface area contributed by atoms with Crippen LogP contribution in [0.5, 0.6) is 0 Å². The van der Waals surface area contributed by atoms with Gasteiger partial charge in [0.15, 0.2) is 11.5 Å². The Balaban J connectivity index is 1.68. The molecule has 0 bridgehead atoms. The second kappa shape index (κ2) is 8.46. The van der Waals surface area contributed by atoms with Crippen LogP contribution < -0.4 is 22.1 Å². The molecule has 1 fully saturated rings. The van der Waals surface area contributed by atoms with Crippen LogP contribution in [0.3, 0.4) is 0 Å². The van der Waals surface area contributed by atoms with E-state index in [9.17, 15) is 4.79 Å². The Morgan fingerprint density at radius 1 is 1.23 bits per heavy atom. The van der Waals surface area contributed by atoms with Crippen molar-refractivity contribution >= 4 is 34.4 Å². The SMILES string of the molecule is CCc1nc2c(C)cc(Nc3nc(N[C@@H]4CCCC[C@@H]4N)nnc3C(N)=O)cc2n1C. The quantitative estimate of drug-likeness (QED) is 0.471. The molecule has 1 saturated carbocycles. The number of rotatable bonds is 6. The van der Waals surface area contributed by atoms with Gasteiger partial charge in [-0.2, -0.15) is 4.98 Å². The maximum absolute atomic E-state index is 11.9. The number of fused-ring (bicyclic) bond motifs is 1. The summed E-state index contributed by atoms with van der Waals surface area (Å²) in [4.78, 5) is 21.1. The smallest absolute Gasteiger partial charge is 0.273 e. The highest BCUT2D eigenvalue weighted by molar-refractivity contribution is 5.96. The zero-order chi connectivity index (χ0) is 22.1. The van der Waals surface area contributed by atoms with Crippen LogP contribution in [0.1, 0.15) is 54.5 Å². The van der Waals surface area contributed by atoms with Crippen molar-refractivity contribution in [2.24, 2.45) is 18.5 Å². The van der Waals surface area contributed by atoms with Gasteiger partial charge in [-0.05, 0) is 37.5 Å².